The summed E-state index contributed by atoms with van der Waals surface area (Å²) in [5.41, 5.74) is 7.46. The lowest BCUT2D eigenvalue weighted by atomic mass is 9.88. The van der Waals surface area contributed by atoms with E-state index in [0.29, 0.717) is 33.3 Å². The number of amides is 2. The number of hydrogen-bond acceptors (Lipinski definition) is 6. The second-order valence-corrected chi connectivity index (χ2v) is 8.82. The molecule has 1 aliphatic heterocycles. The topological polar surface area (TPSA) is 128 Å². The number of carboxylic acids is 1. The number of aromatic carboxylic acids is 1. The lowest BCUT2D eigenvalue weighted by Crippen LogP contribution is -2.22. The van der Waals surface area contributed by atoms with E-state index in [1.165, 1.54) is 7.11 Å². The molecule has 1 atom stereocenters. The Labute approximate surface area is 197 Å². The lowest BCUT2D eigenvalue weighted by molar-refractivity contribution is -0.120. The van der Waals surface area contributed by atoms with E-state index < -0.39 is 17.8 Å². The highest BCUT2D eigenvalue weighted by Crippen LogP contribution is 2.50. The van der Waals surface area contributed by atoms with Crippen LogP contribution >= 0.6 is 22.9 Å². The molecular weight excluding hydrogens is 468 g/mol. The Kier molecular flexibility index (Phi) is 6.26. The Morgan fingerprint density at radius 3 is 2.58 bits per heavy atom. The summed E-state index contributed by atoms with van der Waals surface area (Å²) in [4.78, 5) is 36.6. The van der Waals surface area contributed by atoms with Crippen LogP contribution in [0.25, 0.3) is 11.1 Å². The largest absolute Gasteiger partial charge is 0.493 e. The number of thiophene rings is 1. The first-order valence-electron chi connectivity index (χ1n) is 9.83. The molecule has 4 rings (SSSR count). The van der Waals surface area contributed by atoms with Crippen LogP contribution in [0.4, 0.5) is 5.69 Å². The van der Waals surface area contributed by atoms with Crippen LogP contribution in [0.2, 0.25) is 5.02 Å². The number of carboxylic acid groups (broad SMARTS) is 1. The maximum absolute atomic E-state index is 12.6. The van der Waals surface area contributed by atoms with Crippen molar-refractivity contribution in [3.63, 3.8) is 0 Å². The van der Waals surface area contributed by atoms with Crippen molar-refractivity contribution in [2.45, 2.75) is 12.3 Å². The minimum absolute atomic E-state index is 0.128. The van der Waals surface area contributed by atoms with Crippen LogP contribution in [0.15, 0.2) is 42.5 Å². The Hall–Kier alpha value is -3.56. The Balaban J connectivity index is 1.82. The molecule has 2 heterocycles. The molecule has 4 N–H and O–H groups in total. The van der Waals surface area contributed by atoms with Crippen molar-refractivity contribution in [1.29, 1.82) is 0 Å². The Bertz CT molecular complexity index is 1250. The second-order valence-electron chi connectivity index (χ2n) is 7.33. The summed E-state index contributed by atoms with van der Waals surface area (Å²) in [5, 5.41) is 13.3. The number of nitrogens with one attached hydrogen (secondary N) is 1. The minimum atomic E-state index is -1.08. The van der Waals surface area contributed by atoms with E-state index in [1.807, 2.05) is 0 Å². The summed E-state index contributed by atoms with van der Waals surface area (Å²) in [6.45, 7) is -0.303. The van der Waals surface area contributed by atoms with Crippen molar-refractivity contribution < 1.29 is 29.0 Å². The van der Waals surface area contributed by atoms with Crippen molar-refractivity contribution in [3.8, 4) is 22.6 Å². The number of nitrogens with two attached hydrogens (primary N) is 1. The smallest absolute Gasteiger partial charge is 0.346 e. The first kappa shape index (κ1) is 22.6. The van der Waals surface area contributed by atoms with Crippen LogP contribution in [0.3, 0.4) is 0 Å². The number of methoxy groups -OCH3 is 1. The number of carbonyl (C=O) groups excluding carboxylic acids is 2. The van der Waals surface area contributed by atoms with Gasteiger partial charge in [0, 0.05) is 27.8 Å². The summed E-state index contributed by atoms with van der Waals surface area (Å²) in [6.07, 6.45) is 0.136. The molecule has 0 bridgehead atoms. The lowest BCUT2D eigenvalue weighted by Gasteiger charge is -2.24. The van der Waals surface area contributed by atoms with Crippen LogP contribution in [0, 0.1) is 0 Å². The average molecular weight is 487 g/mol. The molecule has 0 unspecified atom stereocenters. The zero-order chi connectivity index (χ0) is 23.7. The maximum Gasteiger partial charge on any atom is 0.346 e. The molecule has 0 aliphatic carbocycles. The third-order valence-electron chi connectivity index (χ3n) is 5.19. The molecule has 3 aromatic rings. The molecule has 8 nitrogen and oxygen atoms in total. The fourth-order valence-electron chi connectivity index (χ4n) is 3.77. The van der Waals surface area contributed by atoms with Gasteiger partial charge in [-0.05, 0) is 35.4 Å². The van der Waals surface area contributed by atoms with Gasteiger partial charge in [-0.25, -0.2) is 4.79 Å². The van der Waals surface area contributed by atoms with Gasteiger partial charge in [0.15, 0.2) is 18.1 Å². The molecule has 1 aliphatic rings. The van der Waals surface area contributed by atoms with Gasteiger partial charge in [0.25, 0.3) is 5.91 Å². The number of anilines is 1. The van der Waals surface area contributed by atoms with Crippen LogP contribution in [-0.4, -0.2) is 36.6 Å². The van der Waals surface area contributed by atoms with Crippen LogP contribution in [-0.2, 0) is 9.59 Å². The number of carbonyl (C=O) groups is 3. The van der Waals surface area contributed by atoms with Gasteiger partial charge in [-0.15, -0.1) is 11.3 Å². The number of ether oxygens (including phenoxy) is 2. The number of primary amides is 1. The molecule has 2 amide bonds. The molecule has 0 spiro atoms. The average Bonchev–Trinajstić information content (AvgIpc) is 3.17. The van der Waals surface area contributed by atoms with Crippen LogP contribution in [0.5, 0.6) is 11.5 Å². The summed E-state index contributed by atoms with van der Waals surface area (Å²) in [6, 6.07) is 11.9. The zero-order valence-electron chi connectivity index (χ0n) is 17.4. The molecule has 0 saturated carbocycles. The first-order valence-corrected chi connectivity index (χ1v) is 11.0. The van der Waals surface area contributed by atoms with Gasteiger partial charge < -0.3 is 25.6 Å². The van der Waals surface area contributed by atoms with E-state index in [9.17, 15) is 19.5 Å². The van der Waals surface area contributed by atoms with E-state index in [0.717, 1.165) is 21.8 Å². The van der Waals surface area contributed by atoms with Gasteiger partial charge in [-0.1, -0.05) is 29.8 Å². The van der Waals surface area contributed by atoms with E-state index in [1.54, 1.807) is 42.5 Å². The van der Waals surface area contributed by atoms with E-state index >= 15 is 0 Å². The molecule has 33 heavy (non-hydrogen) atoms. The SMILES string of the molecule is COc1cc([C@H]2CC(=O)Nc3c2sc(C(=O)O)c3-c2ccc(Cl)cc2)ccc1OCC(N)=O. The summed E-state index contributed by atoms with van der Waals surface area (Å²) in [5.74, 6) is -1.62. The van der Waals surface area contributed by atoms with Crippen molar-refractivity contribution in [2.75, 3.05) is 19.0 Å². The van der Waals surface area contributed by atoms with Gasteiger partial charge in [-0.2, -0.15) is 0 Å². The van der Waals surface area contributed by atoms with Crippen LogP contribution < -0.4 is 20.5 Å². The maximum atomic E-state index is 12.6. The van der Waals surface area contributed by atoms with Gasteiger partial charge >= 0.3 is 5.97 Å². The third-order valence-corrected chi connectivity index (χ3v) is 6.74. The number of halogens is 1. The predicted molar refractivity (Wildman–Crippen MR) is 124 cm³/mol. The number of rotatable bonds is 7. The number of fused-ring (bicyclic) bond motifs is 1. The highest BCUT2D eigenvalue weighted by Gasteiger charge is 2.34. The molecule has 1 aromatic heterocycles. The molecule has 2 aromatic carbocycles. The summed E-state index contributed by atoms with van der Waals surface area (Å²) < 4.78 is 10.8. The van der Waals surface area contributed by atoms with Gasteiger partial charge in [0.2, 0.25) is 5.91 Å². The van der Waals surface area contributed by atoms with Gasteiger partial charge in [0.05, 0.1) is 12.8 Å². The van der Waals surface area contributed by atoms with Crippen molar-refractivity contribution in [2.24, 2.45) is 5.73 Å². The van der Waals surface area contributed by atoms with E-state index in [2.05, 4.69) is 5.32 Å². The summed E-state index contributed by atoms with van der Waals surface area (Å²) >= 11 is 7.12. The Morgan fingerprint density at radius 2 is 1.94 bits per heavy atom. The molecule has 0 fully saturated rings. The van der Waals surface area contributed by atoms with Gasteiger partial charge in [0.1, 0.15) is 4.88 Å². The zero-order valence-corrected chi connectivity index (χ0v) is 19.0. The van der Waals surface area contributed by atoms with Crippen molar-refractivity contribution in [3.05, 3.63) is 62.8 Å². The second kappa shape index (κ2) is 9.13. The highest BCUT2D eigenvalue weighted by molar-refractivity contribution is 7.15. The Morgan fingerprint density at radius 1 is 1.21 bits per heavy atom. The molecular formula is C23H19ClN2O6S. The highest BCUT2D eigenvalue weighted by atomic mass is 35.5. The fourth-order valence-corrected chi connectivity index (χ4v) is 5.14. The van der Waals surface area contributed by atoms with Crippen molar-refractivity contribution in [1.82, 2.24) is 0 Å². The van der Waals surface area contributed by atoms with E-state index in [4.69, 9.17) is 26.8 Å². The standard InChI is InChI=1S/C23H19ClN2O6S/c1-31-16-8-12(4-7-15(16)32-10-17(25)27)14-9-18(28)26-20-19(11-2-5-13(24)6-3-11)22(23(29)30)33-21(14)20/h2-8,14H,9-10H2,1H3,(H2,25,27)(H,26,28)(H,29,30)/t14-/m1/s1. The molecule has 0 saturated heterocycles. The van der Waals surface area contributed by atoms with Gasteiger partial charge in [-0.3, -0.25) is 9.59 Å². The first-order chi connectivity index (χ1) is 15.8. The van der Waals surface area contributed by atoms with E-state index in [-0.39, 0.29) is 23.8 Å². The number of hydrogen-bond donors (Lipinski definition) is 3. The number of benzene rings is 2. The molecule has 0 radical (unpaired) electrons. The predicted octanol–water partition coefficient (Wildman–Crippen LogP) is 4.11. The molecule has 170 valence electrons. The third kappa shape index (κ3) is 4.50. The summed E-state index contributed by atoms with van der Waals surface area (Å²) in [7, 11) is 1.46. The molecule has 10 heteroatoms. The van der Waals surface area contributed by atoms with Crippen molar-refractivity contribution >= 4 is 46.4 Å². The monoisotopic (exact) mass is 486 g/mol. The normalized spacial score (nSPS) is 14.8. The quantitative estimate of drug-likeness (QED) is 0.461. The van der Waals surface area contributed by atoms with Crippen LogP contribution in [0.1, 0.15) is 32.5 Å². The minimum Gasteiger partial charge on any atom is -0.493 e. The fraction of sp³-hybridized carbons (Fsp3) is 0.174.